The van der Waals surface area contributed by atoms with Gasteiger partial charge in [0.2, 0.25) is 0 Å². The molecule has 5 heteroatoms. The topological polar surface area (TPSA) is 47.3 Å². The summed E-state index contributed by atoms with van der Waals surface area (Å²) in [5, 5.41) is 3.33. The molecule has 0 radical (unpaired) electrons. The van der Waals surface area contributed by atoms with Gasteiger partial charge in [0.15, 0.2) is 0 Å². The molecule has 0 atom stereocenters. The van der Waals surface area contributed by atoms with Crippen LogP contribution in [0, 0.1) is 0 Å². The van der Waals surface area contributed by atoms with Gasteiger partial charge in [-0.1, -0.05) is 12.2 Å². The lowest BCUT2D eigenvalue weighted by Crippen LogP contribution is -2.10. The van der Waals surface area contributed by atoms with E-state index in [1.54, 1.807) is 0 Å². The van der Waals surface area contributed by atoms with Gasteiger partial charge in [-0.25, -0.2) is 0 Å². The maximum atomic E-state index is 5.56. The maximum Gasteiger partial charge on any atom is 0.104 e. The summed E-state index contributed by atoms with van der Waals surface area (Å²) in [4.78, 5) is 0.411. The van der Waals surface area contributed by atoms with Gasteiger partial charge in [0.05, 0.1) is 0 Å². The average molecular weight is 317 g/mol. The van der Waals surface area contributed by atoms with Crippen molar-refractivity contribution in [3.05, 3.63) is 28.2 Å². The van der Waals surface area contributed by atoms with Crippen molar-refractivity contribution >= 4 is 38.8 Å². The predicted molar refractivity (Wildman–Crippen MR) is 79.6 cm³/mol. The summed E-state index contributed by atoms with van der Waals surface area (Å²) in [6.07, 6.45) is 0.983. The fourth-order valence-corrected chi connectivity index (χ4v) is 2.00. The number of thiocarbonyl (C=S) groups is 1. The van der Waals surface area contributed by atoms with Gasteiger partial charge in [-0.3, -0.25) is 0 Å². The van der Waals surface area contributed by atoms with Crippen molar-refractivity contribution in [3.8, 4) is 0 Å². The van der Waals surface area contributed by atoms with Crippen LogP contribution in [0.3, 0.4) is 0 Å². The Hall–Kier alpha value is -0.650. The third-order valence-electron chi connectivity index (χ3n) is 2.24. The smallest absolute Gasteiger partial charge is 0.104 e. The van der Waals surface area contributed by atoms with Gasteiger partial charge in [-0.15, -0.1) is 0 Å². The van der Waals surface area contributed by atoms with Gasteiger partial charge in [0.1, 0.15) is 4.99 Å². The molecule has 0 saturated heterocycles. The normalized spacial score (nSPS) is 10.2. The van der Waals surface area contributed by atoms with Crippen molar-refractivity contribution in [2.75, 3.05) is 25.1 Å². The first-order chi connectivity index (χ1) is 8.15. The number of rotatable bonds is 7. The second-order valence-electron chi connectivity index (χ2n) is 3.54. The zero-order valence-electron chi connectivity index (χ0n) is 9.83. The van der Waals surface area contributed by atoms with Crippen LogP contribution in [0.25, 0.3) is 0 Å². The monoisotopic (exact) mass is 316 g/mol. The summed E-state index contributed by atoms with van der Waals surface area (Å²) in [6.45, 7) is 4.43. The minimum absolute atomic E-state index is 0.411. The summed E-state index contributed by atoms with van der Waals surface area (Å²) in [7, 11) is 0. The van der Waals surface area contributed by atoms with Crippen LogP contribution < -0.4 is 11.1 Å². The number of hydrogen-bond acceptors (Lipinski definition) is 3. The van der Waals surface area contributed by atoms with E-state index in [0.717, 1.165) is 41.9 Å². The Morgan fingerprint density at radius 3 is 2.88 bits per heavy atom. The van der Waals surface area contributed by atoms with Gasteiger partial charge in [0, 0.05) is 35.5 Å². The van der Waals surface area contributed by atoms with Crippen LogP contribution in [0.4, 0.5) is 5.69 Å². The largest absolute Gasteiger partial charge is 0.389 e. The average Bonchev–Trinajstić information content (AvgIpc) is 2.30. The van der Waals surface area contributed by atoms with Crippen LogP contribution in [0.2, 0.25) is 0 Å². The van der Waals surface area contributed by atoms with Gasteiger partial charge in [0.25, 0.3) is 0 Å². The summed E-state index contributed by atoms with van der Waals surface area (Å²) in [5.74, 6) is 0. The summed E-state index contributed by atoms with van der Waals surface area (Å²) < 4.78 is 6.24. The lowest BCUT2D eigenvalue weighted by molar-refractivity contribution is 0.147. The standard InChI is InChI=1S/C12H17BrN2OS/c1-2-16-7-3-6-15-11-5-4-9(12(14)17)8-10(11)13/h4-5,8,15H,2-3,6-7H2,1H3,(H2,14,17). The molecule has 1 aromatic rings. The maximum absolute atomic E-state index is 5.56. The molecule has 0 saturated carbocycles. The van der Waals surface area contributed by atoms with E-state index >= 15 is 0 Å². The Bertz CT molecular complexity index is 385. The number of hydrogen-bond donors (Lipinski definition) is 2. The van der Waals surface area contributed by atoms with Crippen molar-refractivity contribution in [2.45, 2.75) is 13.3 Å². The lowest BCUT2D eigenvalue weighted by Gasteiger charge is -2.09. The first kappa shape index (κ1) is 14.4. The van der Waals surface area contributed by atoms with Crippen molar-refractivity contribution in [2.24, 2.45) is 5.73 Å². The third kappa shape index (κ3) is 5.02. The summed E-state index contributed by atoms with van der Waals surface area (Å²) in [6, 6.07) is 5.81. The molecule has 3 nitrogen and oxygen atoms in total. The van der Waals surface area contributed by atoms with Crippen LogP contribution >= 0.6 is 28.1 Å². The number of halogens is 1. The van der Waals surface area contributed by atoms with Crippen molar-refractivity contribution in [1.82, 2.24) is 0 Å². The lowest BCUT2D eigenvalue weighted by atomic mass is 10.2. The highest BCUT2D eigenvalue weighted by Crippen LogP contribution is 2.23. The van der Waals surface area contributed by atoms with Crippen molar-refractivity contribution < 1.29 is 4.74 Å². The zero-order chi connectivity index (χ0) is 12.7. The molecule has 0 unspecified atom stereocenters. The molecule has 0 amide bonds. The highest BCUT2D eigenvalue weighted by molar-refractivity contribution is 9.10. The zero-order valence-corrected chi connectivity index (χ0v) is 12.2. The molecule has 1 aromatic carbocycles. The number of nitrogens with one attached hydrogen (secondary N) is 1. The molecule has 17 heavy (non-hydrogen) atoms. The Balaban J connectivity index is 2.46. The van der Waals surface area contributed by atoms with E-state index in [-0.39, 0.29) is 0 Å². The molecule has 0 aliphatic carbocycles. The predicted octanol–water partition coefficient (Wildman–Crippen LogP) is 2.92. The number of benzene rings is 1. The molecule has 0 aliphatic rings. The van der Waals surface area contributed by atoms with Gasteiger partial charge in [-0.2, -0.15) is 0 Å². The molecule has 94 valence electrons. The van der Waals surface area contributed by atoms with E-state index in [9.17, 15) is 0 Å². The van der Waals surface area contributed by atoms with Crippen LogP contribution in [-0.4, -0.2) is 24.7 Å². The van der Waals surface area contributed by atoms with E-state index in [1.807, 2.05) is 25.1 Å². The highest BCUT2D eigenvalue weighted by Gasteiger charge is 2.02. The van der Waals surface area contributed by atoms with Crippen LogP contribution in [0.5, 0.6) is 0 Å². The van der Waals surface area contributed by atoms with Gasteiger partial charge in [-0.05, 0) is 47.5 Å². The van der Waals surface area contributed by atoms with E-state index in [1.165, 1.54) is 0 Å². The Morgan fingerprint density at radius 1 is 1.53 bits per heavy atom. The molecule has 0 aliphatic heterocycles. The first-order valence-corrected chi connectivity index (χ1v) is 6.76. The van der Waals surface area contributed by atoms with Gasteiger partial charge >= 0.3 is 0 Å². The second-order valence-corrected chi connectivity index (χ2v) is 4.83. The number of nitrogens with two attached hydrogens (primary N) is 1. The first-order valence-electron chi connectivity index (χ1n) is 5.56. The molecule has 0 fully saturated rings. The Morgan fingerprint density at radius 2 is 2.29 bits per heavy atom. The van der Waals surface area contributed by atoms with Crippen molar-refractivity contribution in [1.29, 1.82) is 0 Å². The molecule has 1 rings (SSSR count). The third-order valence-corrected chi connectivity index (χ3v) is 3.13. The quantitative estimate of drug-likeness (QED) is 0.600. The number of ether oxygens (including phenoxy) is 1. The van der Waals surface area contributed by atoms with E-state index in [2.05, 4.69) is 21.2 Å². The minimum Gasteiger partial charge on any atom is -0.389 e. The van der Waals surface area contributed by atoms with Crippen LogP contribution in [0.15, 0.2) is 22.7 Å². The van der Waals surface area contributed by atoms with Gasteiger partial charge < -0.3 is 15.8 Å². The van der Waals surface area contributed by atoms with E-state index in [4.69, 9.17) is 22.7 Å². The van der Waals surface area contributed by atoms with Crippen LogP contribution in [0.1, 0.15) is 18.9 Å². The molecule has 0 spiro atoms. The summed E-state index contributed by atoms with van der Waals surface area (Å²) >= 11 is 8.41. The van der Waals surface area contributed by atoms with E-state index in [0.29, 0.717) is 4.99 Å². The highest BCUT2D eigenvalue weighted by atomic mass is 79.9. The fraction of sp³-hybridized carbons (Fsp3) is 0.417. The number of anilines is 1. The Labute approximate surface area is 116 Å². The fourth-order valence-electron chi connectivity index (χ4n) is 1.35. The molecule has 3 N–H and O–H groups in total. The van der Waals surface area contributed by atoms with Crippen LogP contribution in [-0.2, 0) is 4.74 Å². The minimum atomic E-state index is 0.411. The van der Waals surface area contributed by atoms with E-state index < -0.39 is 0 Å². The molecule has 0 aromatic heterocycles. The SMILES string of the molecule is CCOCCCNc1ccc(C(N)=S)cc1Br. The second kappa shape index (κ2) is 7.63. The Kier molecular flexibility index (Phi) is 6.47. The molecular formula is C12H17BrN2OS. The molecule has 0 heterocycles. The molecule has 0 bridgehead atoms. The van der Waals surface area contributed by atoms with Crippen molar-refractivity contribution in [3.63, 3.8) is 0 Å². The summed E-state index contributed by atoms with van der Waals surface area (Å²) in [5.41, 5.74) is 7.47. The molecular weight excluding hydrogens is 300 g/mol.